The summed E-state index contributed by atoms with van der Waals surface area (Å²) in [5, 5.41) is 0.167. The predicted molar refractivity (Wildman–Crippen MR) is 80.2 cm³/mol. The fourth-order valence-electron chi connectivity index (χ4n) is 3.34. The van der Waals surface area contributed by atoms with Crippen LogP contribution >= 0.6 is 11.6 Å². The van der Waals surface area contributed by atoms with E-state index < -0.39 is 0 Å². The van der Waals surface area contributed by atoms with Crippen LogP contribution in [0.1, 0.15) is 61.6 Å². The van der Waals surface area contributed by atoms with E-state index in [9.17, 15) is 0 Å². The summed E-state index contributed by atoms with van der Waals surface area (Å²) in [4.78, 5) is 0. The summed E-state index contributed by atoms with van der Waals surface area (Å²) in [5.74, 6) is 0.605. The van der Waals surface area contributed by atoms with Crippen molar-refractivity contribution in [3.05, 3.63) is 34.9 Å². The fourth-order valence-corrected chi connectivity index (χ4v) is 4.04. The van der Waals surface area contributed by atoms with E-state index >= 15 is 0 Å². The summed E-state index contributed by atoms with van der Waals surface area (Å²) in [6, 6.07) is 6.65. The molecule has 0 aliphatic heterocycles. The lowest BCUT2D eigenvalue weighted by Crippen LogP contribution is -2.31. The number of alkyl halides is 1. The quantitative estimate of drug-likeness (QED) is 0.592. The third-order valence-corrected chi connectivity index (χ3v) is 5.21. The van der Waals surface area contributed by atoms with Crippen molar-refractivity contribution in [1.82, 2.24) is 0 Å². The summed E-state index contributed by atoms with van der Waals surface area (Å²) in [7, 11) is 0. The van der Waals surface area contributed by atoms with Crippen molar-refractivity contribution in [3.63, 3.8) is 0 Å². The first-order valence-electron chi connectivity index (χ1n) is 7.13. The molecule has 100 valence electrons. The highest BCUT2D eigenvalue weighted by Crippen LogP contribution is 2.49. The van der Waals surface area contributed by atoms with Crippen molar-refractivity contribution in [2.24, 2.45) is 11.3 Å². The molecule has 1 heteroatoms. The Balaban J connectivity index is 2.29. The van der Waals surface area contributed by atoms with Gasteiger partial charge in [0.25, 0.3) is 0 Å². The molecule has 0 amide bonds. The van der Waals surface area contributed by atoms with Crippen LogP contribution in [0.4, 0.5) is 0 Å². The molecule has 2 unspecified atom stereocenters. The Bertz CT molecular complexity index is 420. The topological polar surface area (TPSA) is 0 Å². The van der Waals surface area contributed by atoms with Crippen molar-refractivity contribution in [3.8, 4) is 0 Å². The molecule has 2 atom stereocenters. The average Bonchev–Trinajstić information content (AvgIpc) is 2.31. The fraction of sp³-hybridized carbons (Fsp3) is 0.647. The Kier molecular flexibility index (Phi) is 4.06. The number of rotatable bonds is 2. The smallest absolute Gasteiger partial charge is 0.0621 e. The van der Waals surface area contributed by atoms with Crippen LogP contribution in [-0.4, -0.2) is 0 Å². The highest BCUT2D eigenvalue weighted by Gasteiger charge is 2.37. The molecule has 2 rings (SSSR count). The van der Waals surface area contributed by atoms with Crippen molar-refractivity contribution < 1.29 is 0 Å². The van der Waals surface area contributed by atoms with E-state index in [2.05, 4.69) is 45.9 Å². The zero-order valence-electron chi connectivity index (χ0n) is 12.1. The highest BCUT2D eigenvalue weighted by atomic mass is 35.5. The van der Waals surface area contributed by atoms with Gasteiger partial charge in [0.05, 0.1) is 5.38 Å². The molecule has 0 radical (unpaired) electrons. The van der Waals surface area contributed by atoms with Crippen LogP contribution in [0.2, 0.25) is 0 Å². The van der Waals surface area contributed by atoms with E-state index in [1.54, 1.807) is 0 Å². The van der Waals surface area contributed by atoms with Gasteiger partial charge in [-0.3, -0.25) is 0 Å². The third kappa shape index (κ3) is 2.74. The van der Waals surface area contributed by atoms with Gasteiger partial charge in [0.1, 0.15) is 0 Å². The minimum Gasteiger partial charge on any atom is -0.117 e. The second kappa shape index (κ2) is 5.25. The Morgan fingerprint density at radius 3 is 2.61 bits per heavy atom. The maximum atomic E-state index is 6.85. The third-order valence-electron chi connectivity index (χ3n) is 4.68. The van der Waals surface area contributed by atoms with Gasteiger partial charge in [0, 0.05) is 0 Å². The van der Waals surface area contributed by atoms with E-state index in [4.69, 9.17) is 11.6 Å². The summed E-state index contributed by atoms with van der Waals surface area (Å²) in [5.41, 5.74) is 4.37. The number of aryl methyl sites for hydroxylation is 2. The molecular formula is C17H25Cl. The predicted octanol–water partition coefficient (Wildman–Crippen LogP) is 5.80. The number of hydrogen-bond donors (Lipinski definition) is 0. The van der Waals surface area contributed by atoms with E-state index in [1.165, 1.54) is 42.4 Å². The van der Waals surface area contributed by atoms with Gasteiger partial charge in [-0.1, -0.05) is 50.5 Å². The summed E-state index contributed by atoms with van der Waals surface area (Å²) in [6.07, 6.45) is 5.28. The van der Waals surface area contributed by atoms with Gasteiger partial charge in [-0.2, -0.15) is 0 Å². The monoisotopic (exact) mass is 264 g/mol. The average molecular weight is 265 g/mol. The molecular weight excluding hydrogens is 240 g/mol. The van der Waals surface area contributed by atoms with Crippen molar-refractivity contribution in [2.45, 2.75) is 58.8 Å². The maximum Gasteiger partial charge on any atom is 0.0621 e. The molecule has 0 aromatic heterocycles. The molecule has 0 saturated heterocycles. The Hall–Kier alpha value is -0.490. The van der Waals surface area contributed by atoms with Crippen molar-refractivity contribution in [1.29, 1.82) is 0 Å². The molecule has 1 saturated carbocycles. The minimum absolute atomic E-state index is 0.167. The van der Waals surface area contributed by atoms with Crippen molar-refractivity contribution >= 4 is 11.6 Å². The zero-order chi connectivity index (χ0) is 13.3. The van der Waals surface area contributed by atoms with Crippen LogP contribution < -0.4 is 0 Å². The van der Waals surface area contributed by atoms with Gasteiger partial charge in [-0.15, -0.1) is 11.6 Å². The molecule has 0 nitrogen and oxygen atoms in total. The second-order valence-corrected chi connectivity index (χ2v) is 7.07. The lowest BCUT2D eigenvalue weighted by molar-refractivity contribution is 0.133. The normalized spacial score (nSPS) is 24.8. The van der Waals surface area contributed by atoms with Gasteiger partial charge >= 0.3 is 0 Å². The molecule has 0 bridgehead atoms. The van der Waals surface area contributed by atoms with Crippen LogP contribution in [0.5, 0.6) is 0 Å². The molecule has 1 aromatic rings. The van der Waals surface area contributed by atoms with E-state index in [0.29, 0.717) is 11.3 Å². The largest absolute Gasteiger partial charge is 0.117 e. The van der Waals surface area contributed by atoms with Gasteiger partial charge in [0.2, 0.25) is 0 Å². The van der Waals surface area contributed by atoms with Crippen LogP contribution in [0.25, 0.3) is 0 Å². The van der Waals surface area contributed by atoms with Crippen LogP contribution in [0.3, 0.4) is 0 Å². The molecule has 18 heavy (non-hydrogen) atoms. The van der Waals surface area contributed by atoms with Crippen molar-refractivity contribution in [2.75, 3.05) is 0 Å². The highest BCUT2D eigenvalue weighted by molar-refractivity contribution is 6.21. The van der Waals surface area contributed by atoms with E-state index in [-0.39, 0.29) is 5.38 Å². The van der Waals surface area contributed by atoms with Crippen LogP contribution in [-0.2, 0) is 0 Å². The van der Waals surface area contributed by atoms with Gasteiger partial charge < -0.3 is 0 Å². The zero-order valence-corrected chi connectivity index (χ0v) is 12.8. The molecule has 1 fully saturated rings. The Morgan fingerprint density at radius 1 is 1.22 bits per heavy atom. The second-order valence-electron chi connectivity index (χ2n) is 6.60. The first-order chi connectivity index (χ1) is 8.42. The molecule has 0 heterocycles. The summed E-state index contributed by atoms with van der Waals surface area (Å²) >= 11 is 6.85. The molecule has 1 aliphatic carbocycles. The summed E-state index contributed by atoms with van der Waals surface area (Å²) < 4.78 is 0. The number of hydrogen-bond acceptors (Lipinski definition) is 0. The molecule has 1 aliphatic rings. The van der Waals surface area contributed by atoms with E-state index in [0.717, 1.165) is 0 Å². The SMILES string of the molecule is Cc1ccc(C)c(C(Cl)C2CCCCC2(C)C)c1. The number of halogens is 1. The maximum absolute atomic E-state index is 6.85. The lowest BCUT2D eigenvalue weighted by atomic mass is 9.66. The Morgan fingerprint density at radius 2 is 1.94 bits per heavy atom. The van der Waals surface area contributed by atoms with Crippen LogP contribution in [0, 0.1) is 25.2 Å². The Labute approximate surface area is 117 Å². The first kappa shape index (κ1) is 13.9. The van der Waals surface area contributed by atoms with E-state index in [1.807, 2.05) is 0 Å². The lowest BCUT2D eigenvalue weighted by Gasteiger charge is -2.41. The molecule has 0 N–H and O–H groups in total. The molecule has 1 aromatic carbocycles. The van der Waals surface area contributed by atoms with Crippen LogP contribution in [0.15, 0.2) is 18.2 Å². The van der Waals surface area contributed by atoms with Gasteiger partial charge in [-0.05, 0) is 49.1 Å². The molecule has 0 spiro atoms. The standard InChI is InChI=1S/C17H25Cl/c1-12-8-9-13(2)14(11-12)16(18)15-7-5-6-10-17(15,3)4/h8-9,11,15-16H,5-7,10H2,1-4H3. The number of benzene rings is 1. The first-order valence-corrected chi connectivity index (χ1v) is 7.57. The van der Waals surface area contributed by atoms with Gasteiger partial charge in [0.15, 0.2) is 0 Å². The van der Waals surface area contributed by atoms with Gasteiger partial charge in [-0.25, -0.2) is 0 Å². The summed E-state index contributed by atoms with van der Waals surface area (Å²) in [6.45, 7) is 9.10. The minimum atomic E-state index is 0.167.